The molecule has 0 radical (unpaired) electrons. The van der Waals surface area contributed by atoms with Crippen molar-refractivity contribution in [2.75, 3.05) is 7.05 Å². The van der Waals surface area contributed by atoms with Gasteiger partial charge < -0.3 is 4.98 Å². The van der Waals surface area contributed by atoms with E-state index in [-0.39, 0.29) is 0 Å². The molecule has 0 amide bonds. The Morgan fingerprint density at radius 3 is 1.62 bits per heavy atom. The van der Waals surface area contributed by atoms with Crippen molar-refractivity contribution in [1.29, 1.82) is 0 Å². The average Bonchev–Trinajstić information content (AvgIpc) is 2.20. The number of rotatable bonds is 8. The van der Waals surface area contributed by atoms with Gasteiger partial charge in [-0.25, -0.2) is 0 Å². The first-order chi connectivity index (χ1) is 6.24. The van der Waals surface area contributed by atoms with Gasteiger partial charge in [0.2, 0.25) is 0 Å². The van der Waals surface area contributed by atoms with E-state index in [2.05, 4.69) is 32.8 Å². The SMILES string of the molecule is CCCC[Si](CC)(CCCC)NC. The van der Waals surface area contributed by atoms with Crippen LogP contribution in [0.3, 0.4) is 0 Å². The van der Waals surface area contributed by atoms with E-state index in [1.54, 1.807) is 0 Å². The van der Waals surface area contributed by atoms with Crippen LogP contribution < -0.4 is 4.98 Å². The topological polar surface area (TPSA) is 12.0 Å². The molecule has 1 N–H and O–H groups in total. The Morgan fingerprint density at radius 2 is 1.38 bits per heavy atom. The van der Waals surface area contributed by atoms with Crippen LogP contribution in [0.2, 0.25) is 18.1 Å². The lowest BCUT2D eigenvalue weighted by Gasteiger charge is -2.29. The van der Waals surface area contributed by atoms with Crippen molar-refractivity contribution in [3.8, 4) is 0 Å². The van der Waals surface area contributed by atoms with E-state index in [4.69, 9.17) is 0 Å². The highest BCUT2D eigenvalue weighted by Gasteiger charge is 2.27. The minimum atomic E-state index is -1.04. The van der Waals surface area contributed by atoms with Crippen LogP contribution in [-0.2, 0) is 0 Å². The Kier molecular flexibility index (Phi) is 7.67. The predicted octanol–water partition coefficient (Wildman–Crippen LogP) is 3.77. The van der Waals surface area contributed by atoms with E-state index in [0.29, 0.717) is 0 Å². The van der Waals surface area contributed by atoms with Crippen molar-refractivity contribution in [2.45, 2.75) is 64.6 Å². The summed E-state index contributed by atoms with van der Waals surface area (Å²) in [5.74, 6) is 0. The summed E-state index contributed by atoms with van der Waals surface area (Å²) in [6, 6.07) is 4.37. The van der Waals surface area contributed by atoms with Crippen LogP contribution in [0.1, 0.15) is 46.5 Å². The molecule has 0 aliphatic carbocycles. The standard InChI is InChI=1S/C11H27NSi/c1-5-8-10-13(7-3,12-4)11-9-6-2/h12H,5-11H2,1-4H3. The largest absolute Gasteiger partial charge is 0.340 e. The van der Waals surface area contributed by atoms with Crippen LogP contribution in [0.5, 0.6) is 0 Å². The third kappa shape index (κ3) is 4.82. The molecule has 13 heavy (non-hydrogen) atoms. The highest BCUT2D eigenvalue weighted by atomic mass is 28.3. The Labute approximate surface area is 85.4 Å². The second-order valence-electron chi connectivity index (χ2n) is 4.09. The summed E-state index contributed by atoms with van der Waals surface area (Å²) >= 11 is 0. The molecule has 0 aliphatic rings. The second kappa shape index (κ2) is 7.57. The molecule has 0 aromatic rings. The molecule has 0 atom stereocenters. The number of nitrogens with one attached hydrogen (secondary N) is 1. The van der Waals surface area contributed by atoms with Crippen molar-refractivity contribution in [3.05, 3.63) is 0 Å². The minimum Gasteiger partial charge on any atom is -0.340 e. The summed E-state index contributed by atoms with van der Waals surface area (Å²) in [7, 11) is 1.15. The third-order valence-electron chi connectivity index (χ3n) is 3.22. The summed E-state index contributed by atoms with van der Waals surface area (Å²) in [5, 5.41) is 0. The lowest BCUT2D eigenvalue weighted by atomic mass is 10.4. The molecule has 0 aliphatic heterocycles. The highest BCUT2D eigenvalue weighted by Crippen LogP contribution is 2.22. The van der Waals surface area contributed by atoms with Crippen LogP contribution in [0, 0.1) is 0 Å². The van der Waals surface area contributed by atoms with Gasteiger partial charge in [0.25, 0.3) is 0 Å². The summed E-state index contributed by atoms with van der Waals surface area (Å²) in [6.45, 7) is 6.96. The molecule has 0 aromatic carbocycles. The number of hydrogen-bond donors (Lipinski definition) is 1. The van der Waals surface area contributed by atoms with E-state index in [1.807, 2.05) is 0 Å². The van der Waals surface area contributed by atoms with Gasteiger partial charge in [-0.3, -0.25) is 0 Å². The van der Waals surface area contributed by atoms with Crippen LogP contribution in [0.15, 0.2) is 0 Å². The summed E-state index contributed by atoms with van der Waals surface area (Å²) in [4.78, 5) is 3.67. The summed E-state index contributed by atoms with van der Waals surface area (Å²) in [5.41, 5.74) is 0. The molecule has 0 unspecified atom stereocenters. The maximum Gasteiger partial charge on any atom is 0.125 e. The van der Waals surface area contributed by atoms with Crippen molar-refractivity contribution in [1.82, 2.24) is 4.98 Å². The van der Waals surface area contributed by atoms with E-state index >= 15 is 0 Å². The normalized spacial score (nSPS) is 12.0. The molecule has 0 saturated heterocycles. The molecule has 0 fully saturated rings. The first kappa shape index (κ1) is 13.2. The lowest BCUT2D eigenvalue weighted by molar-refractivity contribution is 0.799. The van der Waals surface area contributed by atoms with Gasteiger partial charge >= 0.3 is 0 Å². The molecule has 0 rings (SSSR count). The smallest absolute Gasteiger partial charge is 0.125 e. The van der Waals surface area contributed by atoms with Crippen LogP contribution in [0.4, 0.5) is 0 Å². The maximum atomic E-state index is 3.67. The van der Waals surface area contributed by atoms with Gasteiger partial charge in [-0.05, 0) is 25.2 Å². The van der Waals surface area contributed by atoms with Gasteiger partial charge in [0.15, 0.2) is 0 Å². The zero-order valence-electron chi connectivity index (χ0n) is 9.95. The van der Waals surface area contributed by atoms with Crippen LogP contribution >= 0.6 is 0 Å². The Bertz CT molecular complexity index is 101. The first-order valence-corrected chi connectivity index (χ1v) is 8.55. The van der Waals surface area contributed by atoms with Gasteiger partial charge in [0, 0.05) is 0 Å². The highest BCUT2D eigenvalue weighted by molar-refractivity contribution is 6.77. The van der Waals surface area contributed by atoms with Gasteiger partial charge in [0.1, 0.15) is 8.24 Å². The lowest BCUT2D eigenvalue weighted by Crippen LogP contribution is -2.47. The Balaban J connectivity index is 3.97. The molecule has 0 bridgehead atoms. The zero-order valence-corrected chi connectivity index (χ0v) is 10.9. The maximum absolute atomic E-state index is 3.67. The molecular weight excluding hydrogens is 174 g/mol. The van der Waals surface area contributed by atoms with E-state index < -0.39 is 8.24 Å². The number of unbranched alkanes of at least 4 members (excludes halogenated alkanes) is 2. The van der Waals surface area contributed by atoms with Crippen molar-refractivity contribution < 1.29 is 0 Å². The quantitative estimate of drug-likeness (QED) is 0.590. The molecule has 0 aromatic heterocycles. The molecular formula is C11H27NSi. The predicted molar refractivity (Wildman–Crippen MR) is 64.7 cm³/mol. The van der Waals surface area contributed by atoms with E-state index in [9.17, 15) is 0 Å². The van der Waals surface area contributed by atoms with E-state index in [0.717, 1.165) is 0 Å². The molecule has 80 valence electrons. The fourth-order valence-electron chi connectivity index (χ4n) is 1.94. The number of hydrogen-bond acceptors (Lipinski definition) is 1. The molecule has 0 saturated carbocycles. The fraction of sp³-hybridized carbons (Fsp3) is 1.00. The fourth-order valence-corrected chi connectivity index (χ4v) is 5.81. The van der Waals surface area contributed by atoms with Crippen molar-refractivity contribution in [3.63, 3.8) is 0 Å². The van der Waals surface area contributed by atoms with Crippen LogP contribution in [-0.4, -0.2) is 15.3 Å². The van der Waals surface area contributed by atoms with Gasteiger partial charge in [-0.1, -0.05) is 46.5 Å². The molecule has 2 heteroatoms. The average molecular weight is 201 g/mol. The van der Waals surface area contributed by atoms with Gasteiger partial charge in [-0.2, -0.15) is 0 Å². The summed E-state index contributed by atoms with van der Waals surface area (Å²) in [6.07, 6.45) is 5.54. The first-order valence-electron chi connectivity index (χ1n) is 5.93. The van der Waals surface area contributed by atoms with Gasteiger partial charge in [-0.15, -0.1) is 0 Å². The third-order valence-corrected chi connectivity index (χ3v) is 8.26. The Hall–Kier alpha value is 0.177. The van der Waals surface area contributed by atoms with E-state index in [1.165, 1.54) is 43.8 Å². The minimum absolute atomic E-state index is 1.04. The van der Waals surface area contributed by atoms with Crippen LogP contribution in [0.25, 0.3) is 0 Å². The molecule has 0 heterocycles. The second-order valence-corrected chi connectivity index (χ2v) is 8.86. The van der Waals surface area contributed by atoms with Gasteiger partial charge in [0.05, 0.1) is 0 Å². The van der Waals surface area contributed by atoms with Crippen molar-refractivity contribution >= 4 is 8.24 Å². The monoisotopic (exact) mass is 201 g/mol. The van der Waals surface area contributed by atoms with Crippen molar-refractivity contribution in [2.24, 2.45) is 0 Å². The zero-order chi connectivity index (χ0) is 10.2. The summed E-state index contributed by atoms with van der Waals surface area (Å²) < 4.78 is 0. The molecule has 1 nitrogen and oxygen atoms in total. The molecule has 0 spiro atoms. The Morgan fingerprint density at radius 1 is 0.923 bits per heavy atom.